The summed E-state index contributed by atoms with van der Waals surface area (Å²) in [6.45, 7) is 9.96. The van der Waals surface area contributed by atoms with Crippen molar-refractivity contribution in [3.63, 3.8) is 0 Å². The lowest BCUT2D eigenvalue weighted by atomic mass is 9.47. The molecule has 31 heavy (non-hydrogen) atoms. The molecule has 0 bridgehead atoms. The minimum atomic E-state index is 0.279. The predicted molar refractivity (Wildman–Crippen MR) is 124 cm³/mol. The van der Waals surface area contributed by atoms with Gasteiger partial charge in [0.25, 0.3) is 0 Å². The predicted octanol–water partition coefficient (Wildman–Crippen LogP) is 6.27. The van der Waals surface area contributed by atoms with E-state index in [0.717, 1.165) is 37.0 Å². The van der Waals surface area contributed by atoms with Gasteiger partial charge in [0.15, 0.2) is 0 Å². The van der Waals surface area contributed by atoms with Crippen LogP contribution in [-0.2, 0) is 9.47 Å². The lowest BCUT2D eigenvalue weighted by Gasteiger charge is -2.58. The highest BCUT2D eigenvalue weighted by atomic mass is 16.5. The topological polar surface area (TPSA) is 38.7 Å². The van der Waals surface area contributed by atoms with Gasteiger partial charge in [0.05, 0.1) is 11.9 Å². The van der Waals surface area contributed by atoms with Gasteiger partial charge >= 0.3 is 0 Å². The molecule has 174 valence electrons. The maximum absolute atomic E-state index is 9.40. The number of rotatable bonds is 5. The monoisotopic (exact) mass is 428 g/mol. The largest absolute Gasteiger partial charge is 0.494 e. The molecule has 0 aromatic rings. The van der Waals surface area contributed by atoms with Gasteiger partial charge in [0.1, 0.15) is 6.10 Å². The number of hydrogen-bond acceptors (Lipinski definition) is 3. The zero-order valence-electron chi connectivity index (χ0n) is 20.5. The van der Waals surface area contributed by atoms with Crippen molar-refractivity contribution in [2.45, 2.75) is 97.7 Å². The van der Waals surface area contributed by atoms with Crippen LogP contribution in [0.25, 0.3) is 0 Å². The number of aliphatic hydroxyl groups is 1. The van der Waals surface area contributed by atoms with Crippen molar-refractivity contribution < 1.29 is 14.6 Å². The molecule has 0 unspecified atom stereocenters. The Morgan fingerprint density at radius 3 is 2.77 bits per heavy atom. The van der Waals surface area contributed by atoms with Crippen molar-refractivity contribution in [2.75, 3.05) is 13.7 Å². The van der Waals surface area contributed by atoms with E-state index in [1.807, 2.05) is 7.11 Å². The van der Waals surface area contributed by atoms with Crippen LogP contribution in [0.4, 0.5) is 0 Å². The van der Waals surface area contributed by atoms with Gasteiger partial charge in [0.2, 0.25) is 0 Å². The fourth-order valence-electron chi connectivity index (χ4n) is 8.88. The van der Waals surface area contributed by atoms with Crippen molar-refractivity contribution in [2.24, 2.45) is 40.4 Å². The van der Waals surface area contributed by atoms with Gasteiger partial charge in [-0.3, -0.25) is 0 Å². The molecular formula is C28H44O3. The van der Waals surface area contributed by atoms with E-state index in [-0.39, 0.29) is 6.61 Å². The van der Waals surface area contributed by atoms with Crippen LogP contribution in [0, 0.1) is 40.4 Å². The Morgan fingerprint density at radius 1 is 1.23 bits per heavy atom. The molecule has 0 radical (unpaired) electrons. The number of allylic oxidation sites excluding steroid dienone is 2. The minimum absolute atomic E-state index is 0.279. The summed E-state index contributed by atoms with van der Waals surface area (Å²) in [5.74, 6) is 4.69. The molecular weight excluding hydrogens is 384 g/mol. The van der Waals surface area contributed by atoms with E-state index in [9.17, 15) is 5.11 Å². The molecule has 3 saturated carbocycles. The Kier molecular flexibility index (Phi) is 5.61. The van der Waals surface area contributed by atoms with Crippen LogP contribution in [0.1, 0.15) is 85.5 Å². The second kappa shape index (κ2) is 7.90. The average Bonchev–Trinajstić information content (AvgIpc) is 3.24. The molecule has 0 spiro atoms. The van der Waals surface area contributed by atoms with Crippen molar-refractivity contribution in [3.8, 4) is 0 Å². The third-order valence-electron chi connectivity index (χ3n) is 10.8. The Balaban J connectivity index is 1.37. The molecule has 0 aromatic heterocycles. The quantitative estimate of drug-likeness (QED) is 0.524. The fourth-order valence-corrected chi connectivity index (χ4v) is 8.88. The van der Waals surface area contributed by atoms with Gasteiger partial charge in [-0.15, -0.1) is 0 Å². The number of methoxy groups -OCH3 is 1. The first-order valence-corrected chi connectivity index (χ1v) is 13.0. The van der Waals surface area contributed by atoms with Crippen molar-refractivity contribution >= 4 is 0 Å². The van der Waals surface area contributed by atoms with E-state index in [0.29, 0.717) is 34.9 Å². The van der Waals surface area contributed by atoms with Crippen LogP contribution in [0.2, 0.25) is 0 Å². The first-order chi connectivity index (χ1) is 14.8. The first-order valence-electron chi connectivity index (χ1n) is 13.0. The Labute approximate surface area is 189 Å². The van der Waals surface area contributed by atoms with E-state index >= 15 is 0 Å². The molecule has 3 heteroatoms. The van der Waals surface area contributed by atoms with Crippen LogP contribution < -0.4 is 0 Å². The molecule has 0 saturated heterocycles. The highest BCUT2D eigenvalue weighted by Gasteiger charge is 2.63. The second-order valence-electron chi connectivity index (χ2n) is 12.2. The van der Waals surface area contributed by atoms with Gasteiger partial charge < -0.3 is 14.6 Å². The van der Waals surface area contributed by atoms with E-state index in [1.54, 1.807) is 5.57 Å². The molecule has 1 heterocycles. The fraction of sp³-hybridized carbons (Fsp3) is 0.857. The van der Waals surface area contributed by atoms with Gasteiger partial charge in [-0.25, -0.2) is 0 Å². The molecule has 5 rings (SSSR count). The summed E-state index contributed by atoms with van der Waals surface area (Å²) in [4.78, 5) is 0. The van der Waals surface area contributed by atoms with E-state index in [2.05, 4.69) is 33.8 Å². The van der Waals surface area contributed by atoms with E-state index in [4.69, 9.17) is 9.47 Å². The van der Waals surface area contributed by atoms with Crippen LogP contribution in [0.5, 0.6) is 0 Å². The highest BCUT2D eigenvalue weighted by molar-refractivity contribution is 5.30. The van der Waals surface area contributed by atoms with E-state index in [1.165, 1.54) is 49.9 Å². The summed E-state index contributed by atoms with van der Waals surface area (Å²) >= 11 is 0. The molecule has 4 aliphatic carbocycles. The van der Waals surface area contributed by atoms with Crippen LogP contribution >= 0.6 is 0 Å². The summed E-state index contributed by atoms with van der Waals surface area (Å²) in [5, 5.41) is 9.40. The average molecular weight is 429 g/mol. The molecule has 1 N–H and O–H groups in total. The van der Waals surface area contributed by atoms with Crippen LogP contribution in [-0.4, -0.2) is 31.0 Å². The summed E-state index contributed by atoms with van der Waals surface area (Å²) in [6, 6.07) is 0. The van der Waals surface area contributed by atoms with Gasteiger partial charge in [-0.1, -0.05) is 32.4 Å². The first kappa shape index (κ1) is 22.0. The van der Waals surface area contributed by atoms with Gasteiger partial charge in [-0.05, 0) is 98.4 Å². The summed E-state index contributed by atoms with van der Waals surface area (Å²) in [7, 11) is 1.89. The third kappa shape index (κ3) is 3.28. The highest BCUT2D eigenvalue weighted by Crippen LogP contribution is 2.68. The summed E-state index contributed by atoms with van der Waals surface area (Å²) < 4.78 is 12.4. The number of hydrogen-bond donors (Lipinski definition) is 1. The second-order valence-corrected chi connectivity index (χ2v) is 12.2. The molecule has 3 fully saturated rings. The molecule has 9 atom stereocenters. The van der Waals surface area contributed by atoms with Crippen molar-refractivity contribution in [1.82, 2.24) is 0 Å². The van der Waals surface area contributed by atoms with Gasteiger partial charge in [0, 0.05) is 26.1 Å². The van der Waals surface area contributed by atoms with Crippen molar-refractivity contribution in [1.29, 1.82) is 0 Å². The standard InChI is InChI=1S/C28H44O3/c1-17(16-29)6-9-24-18(2)26-25(31-24)15-23-21-8-7-19-14-20(30-5)10-12-27(19,3)22(21)11-13-28(23,26)4/h7,17,20-23,25-26,29H,6,8-16H2,1-5H3/t17-,20+,21-,22+,23+,25+,26+,27+,28+/m1/s1. The maximum atomic E-state index is 9.40. The molecule has 5 aliphatic rings. The number of fused-ring (bicyclic) bond motifs is 7. The van der Waals surface area contributed by atoms with Gasteiger partial charge in [-0.2, -0.15) is 0 Å². The Bertz CT molecular complexity index is 768. The smallest absolute Gasteiger partial charge is 0.106 e. The number of ether oxygens (including phenoxy) is 2. The normalized spacial score (nSPS) is 47.1. The van der Waals surface area contributed by atoms with E-state index < -0.39 is 0 Å². The zero-order valence-corrected chi connectivity index (χ0v) is 20.5. The van der Waals surface area contributed by atoms with Crippen LogP contribution in [0.3, 0.4) is 0 Å². The maximum Gasteiger partial charge on any atom is 0.106 e. The third-order valence-corrected chi connectivity index (χ3v) is 10.8. The molecule has 0 aromatic carbocycles. The SMILES string of the molecule is CO[C@H]1CC[C@@]2(C)C(=CC[C@H]3[C@@H]4C[C@@H]5OC(CC[C@@H](C)CO)=C(C)[C@@H]5[C@@]4(C)CC[C@@H]32)C1. The number of aliphatic hydroxyl groups excluding tert-OH is 1. The molecule has 3 nitrogen and oxygen atoms in total. The lowest BCUT2D eigenvalue weighted by Crippen LogP contribution is -2.50. The Morgan fingerprint density at radius 2 is 2.03 bits per heavy atom. The minimum Gasteiger partial charge on any atom is -0.494 e. The summed E-state index contributed by atoms with van der Waals surface area (Å²) in [6.07, 6.45) is 14.4. The lowest BCUT2D eigenvalue weighted by molar-refractivity contribution is -0.0493. The molecule has 0 amide bonds. The molecule has 1 aliphatic heterocycles. The van der Waals surface area contributed by atoms with Crippen molar-refractivity contribution in [3.05, 3.63) is 23.0 Å². The van der Waals surface area contributed by atoms with Crippen LogP contribution in [0.15, 0.2) is 23.0 Å². The zero-order chi connectivity index (χ0) is 22.0. The Hall–Kier alpha value is -0.800. The summed E-state index contributed by atoms with van der Waals surface area (Å²) in [5.41, 5.74) is 4.04.